The van der Waals surface area contributed by atoms with E-state index in [9.17, 15) is 0 Å². The van der Waals surface area contributed by atoms with Gasteiger partial charge in [0.1, 0.15) is 11.3 Å². The van der Waals surface area contributed by atoms with Gasteiger partial charge in [0.25, 0.3) is 0 Å². The molecule has 3 rings (SSSR count). The highest BCUT2D eigenvalue weighted by atomic mass is 16.3. The average molecular weight is 269 g/mol. The molecule has 0 amide bonds. The van der Waals surface area contributed by atoms with Crippen LogP contribution in [0.4, 0.5) is 0 Å². The van der Waals surface area contributed by atoms with Crippen molar-refractivity contribution in [1.82, 2.24) is 15.1 Å². The van der Waals surface area contributed by atoms with Gasteiger partial charge in [-0.15, -0.1) is 0 Å². The molecule has 0 saturated heterocycles. The standard InChI is InChI=1S/C16H19N3O/c1-3-19-11-13(10-18-19)9-17-12(2)16-8-14-6-4-5-7-15(14)20-16/h4-8,10-12,17H,3,9H2,1-2H3/t12-/m0/s1. The SMILES string of the molecule is CCn1cc(CN[C@@H](C)c2cc3ccccc3o2)cn1. The summed E-state index contributed by atoms with van der Waals surface area (Å²) < 4.78 is 7.79. The largest absolute Gasteiger partial charge is 0.459 e. The van der Waals surface area contributed by atoms with Crippen LogP contribution >= 0.6 is 0 Å². The van der Waals surface area contributed by atoms with E-state index in [-0.39, 0.29) is 6.04 Å². The van der Waals surface area contributed by atoms with E-state index in [0.29, 0.717) is 0 Å². The van der Waals surface area contributed by atoms with Gasteiger partial charge in [0.15, 0.2) is 0 Å². The quantitative estimate of drug-likeness (QED) is 0.771. The fourth-order valence-corrected chi connectivity index (χ4v) is 2.26. The van der Waals surface area contributed by atoms with Crippen LogP contribution in [0.25, 0.3) is 11.0 Å². The van der Waals surface area contributed by atoms with Crippen LogP contribution in [-0.4, -0.2) is 9.78 Å². The van der Waals surface area contributed by atoms with Gasteiger partial charge in [-0.3, -0.25) is 4.68 Å². The first-order valence-electron chi connectivity index (χ1n) is 6.99. The monoisotopic (exact) mass is 269 g/mol. The van der Waals surface area contributed by atoms with Crippen LogP contribution in [0.3, 0.4) is 0 Å². The summed E-state index contributed by atoms with van der Waals surface area (Å²) in [7, 11) is 0. The maximum absolute atomic E-state index is 5.86. The summed E-state index contributed by atoms with van der Waals surface area (Å²) >= 11 is 0. The molecule has 0 aliphatic rings. The van der Waals surface area contributed by atoms with Crippen molar-refractivity contribution in [3.05, 3.63) is 54.0 Å². The Morgan fingerprint density at radius 3 is 2.95 bits per heavy atom. The van der Waals surface area contributed by atoms with E-state index in [1.165, 1.54) is 5.56 Å². The Balaban J connectivity index is 1.67. The molecule has 0 spiro atoms. The number of aromatic nitrogens is 2. The smallest absolute Gasteiger partial charge is 0.134 e. The Morgan fingerprint density at radius 1 is 1.35 bits per heavy atom. The van der Waals surface area contributed by atoms with Crippen molar-refractivity contribution in [3.63, 3.8) is 0 Å². The van der Waals surface area contributed by atoms with Crippen molar-refractivity contribution in [3.8, 4) is 0 Å². The molecule has 0 bridgehead atoms. The minimum atomic E-state index is 0.173. The van der Waals surface area contributed by atoms with Gasteiger partial charge in [-0.1, -0.05) is 18.2 Å². The molecular formula is C16H19N3O. The maximum Gasteiger partial charge on any atom is 0.134 e. The first-order chi connectivity index (χ1) is 9.76. The molecule has 0 saturated carbocycles. The summed E-state index contributed by atoms with van der Waals surface area (Å²) in [5, 5.41) is 8.89. The lowest BCUT2D eigenvalue weighted by atomic mass is 10.2. The number of para-hydroxylation sites is 1. The highest BCUT2D eigenvalue weighted by Crippen LogP contribution is 2.23. The highest BCUT2D eigenvalue weighted by molar-refractivity contribution is 5.77. The van der Waals surface area contributed by atoms with Crippen LogP contribution in [0.1, 0.15) is 31.2 Å². The molecule has 3 aromatic rings. The van der Waals surface area contributed by atoms with E-state index in [2.05, 4.69) is 42.6 Å². The van der Waals surface area contributed by atoms with Crippen LogP contribution in [0.5, 0.6) is 0 Å². The number of hydrogen-bond donors (Lipinski definition) is 1. The second-order valence-corrected chi connectivity index (χ2v) is 4.99. The Bertz CT molecular complexity index is 665. The van der Waals surface area contributed by atoms with Crippen molar-refractivity contribution in [2.24, 2.45) is 0 Å². The van der Waals surface area contributed by atoms with Crippen molar-refractivity contribution < 1.29 is 4.42 Å². The minimum absolute atomic E-state index is 0.173. The van der Waals surface area contributed by atoms with E-state index >= 15 is 0 Å². The summed E-state index contributed by atoms with van der Waals surface area (Å²) in [5.74, 6) is 0.967. The van der Waals surface area contributed by atoms with E-state index in [0.717, 1.165) is 29.8 Å². The number of nitrogens with one attached hydrogen (secondary N) is 1. The van der Waals surface area contributed by atoms with E-state index in [4.69, 9.17) is 4.42 Å². The number of rotatable bonds is 5. The molecule has 104 valence electrons. The van der Waals surface area contributed by atoms with Crippen molar-refractivity contribution in [2.75, 3.05) is 0 Å². The number of aryl methyl sites for hydroxylation is 1. The lowest BCUT2D eigenvalue weighted by Gasteiger charge is -2.09. The predicted octanol–water partition coefficient (Wildman–Crippen LogP) is 3.50. The molecule has 1 aromatic carbocycles. The fourth-order valence-electron chi connectivity index (χ4n) is 2.26. The van der Waals surface area contributed by atoms with Crippen LogP contribution in [-0.2, 0) is 13.1 Å². The molecule has 1 N–H and O–H groups in total. The third kappa shape index (κ3) is 2.60. The summed E-state index contributed by atoms with van der Waals surface area (Å²) in [6, 6.07) is 10.4. The van der Waals surface area contributed by atoms with Crippen molar-refractivity contribution >= 4 is 11.0 Å². The van der Waals surface area contributed by atoms with Gasteiger partial charge in [0.05, 0.1) is 12.2 Å². The number of benzene rings is 1. The van der Waals surface area contributed by atoms with E-state index in [1.807, 2.05) is 29.1 Å². The molecule has 2 aromatic heterocycles. The normalized spacial score (nSPS) is 12.9. The van der Waals surface area contributed by atoms with Gasteiger partial charge in [0, 0.05) is 30.2 Å². The van der Waals surface area contributed by atoms with Crippen molar-refractivity contribution in [2.45, 2.75) is 33.0 Å². The highest BCUT2D eigenvalue weighted by Gasteiger charge is 2.11. The van der Waals surface area contributed by atoms with Crippen LogP contribution in [0.2, 0.25) is 0 Å². The van der Waals surface area contributed by atoms with Gasteiger partial charge < -0.3 is 9.73 Å². The topological polar surface area (TPSA) is 43.0 Å². The predicted molar refractivity (Wildman–Crippen MR) is 79.4 cm³/mol. The first kappa shape index (κ1) is 12.9. The van der Waals surface area contributed by atoms with Crippen LogP contribution in [0, 0.1) is 0 Å². The van der Waals surface area contributed by atoms with Gasteiger partial charge >= 0.3 is 0 Å². The summed E-state index contributed by atoms with van der Waals surface area (Å²) in [4.78, 5) is 0. The second-order valence-electron chi connectivity index (χ2n) is 4.99. The lowest BCUT2D eigenvalue weighted by Crippen LogP contribution is -2.17. The molecule has 0 aliphatic carbocycles. The van der Waals surface area contributed by atoms with Gasteiger partial charge in [0.2, 0.25) is 0 Å². The molecule has 0 radical (unpaired) electrons. The molecule has 0 aliphatic heterocycles. The molecule has 2 heterocycles. The second kappa shape index (κ2) is 5.51. The zero-order chi connectivity index (χ0) is 13.9. The average Bonchev–Trinajstić information content (AvgIpc) is 3.10. The van der Waals surface area contributed by atoms with Gasteiger partial charge in [-0.25, -0.2) is 0 Å². The lowest BCUT2D eigenvalue weighted by molar-refractivity contribution is 0.451. The minimum Gasteiger partial charge on any atom is -0.459 e. The number of fused-ring (bicyclic) bond motifs is 1. The maximum atomic E-state index is 5.86. The Kier molecular flexibility index (Phi) is 3.56. The fraction of sp³-hybridized carbons (Fsp3) is 0.312. The third-order valence-electron chi connectivity index (χ3n) is 3.49. The molecule has 4 nitrogen and oxygen atoms in total. The third-order valence-corrected chi connectivity index (χ3v) is 3.49. The zero-order valence-corrected chi connectivity index (χ0v) is 11.8. The molecule has 4 heteroatoms. The Labute approximate surface area is 118 Å². The Morgan fingerprint density at radius 2 is 2.20 bits per heavy atom. The van der Waals surface area contributed by atoms with Gasteiger partial charge in [-0.05, 0) is 26.0 Å². The Hall–Kier alpha value is -2.07. The summed E-state index contributed by atoms with van der Waals surface area (Å²) in [6.07, 6.45) is 3.97. The summed E-state index contributed by atoms with van der Waals surface area (Å²) in [5.41, 5.74) is 2.13. The summed E-state index contributed by atoms with van der Waals surface area (Å²) in [6.45, 7) is 5.89. The molecule has 0 fully saturated rings. The van der Waals surface area contributed by atoms with E-state index in [1.54, 1.807) is 0 Å². The number of nitrogens with zero attached hydrogens (tertiary/aromatic N) is 2. The zero-order valence-electron chi connectivity index (χ0n) is 11.8. The molecule has 20 heavy (non-hydrogen) atoms. The molecule has 1 atom stereocenters. The van der Waals surface area contributed by atoms with Gasteiger partial charge in [-0.2, -0.15) is 5.10 Å². The molecular weight excluding hydrogens is 250 g/mol. The van der Waals surface area contributed by atoms with E-state index < -0.39 is 0 Å². The number of hydrogen-bond acceptors (Lipinski definition) is 3. The van der Waals surface area contributed by atoms with Crippen LogP contribution in [0.15, 0.2) is 47.1 Å². The first-order valence-corrected chi connectivity index (χ1v) is 6.99. The van der Waals surface area contributed by atoms with Crippen LogP contribution < -0.4 is 5.32 Å². The number of furan rings is 1. The molecule has 0 unspecified atom stereocenters. The van der Waals surface area contributed by atoms with Crippen molar-refractivity contribution in [1.29, 1.82) is 0 Å².